The summed E-state index contributed by atoms with van der Waals surface area (Å²) >= 11 is 0. The van der Waals surface area contributed by atoms with Gasteiger partial charge in [-0.25, -0.2) is 4.99 Å². The van der Waals surface area contributed by atoms with Crippen LogP contribution >= 0.6 is 0 Å². The first-order valence-corrected chi connectivity index (χ1v) is 10.1. The van der Waals surface area contributed by atoms with Gasteiger partial charge in [0.05, 0.1) is 24.6 Å². The van der Waals surface area contributed by atoms with Crippen molar-refractivity contribution >= 4 is 11.4 Å². The summed E-state index contributed by atoms with van der Waals surface area (Å²) in [4.78, 5) is 6.69. The molecule has 0 aromatic heterocycles. The Labute approximate surface area is 176 Å². The van der Waals surface area contributed by atoms with Crippen LogP contribution in [0.2, 0.25) is 0 Å². The van der Waals surface area contributed by atoms with Crippen LogP contribution in [0, 0.1) is 0 Å². The van der Waals surface area contributed by atoms with Crippen LogP contribution in [0.1, 0.15) is 38.3 Å². The summed E-state index contributed by atoms with van der Waals surface area (Å²) in [6, 6.07) is 5.21. The molecule has 1 aliphatic heterocycles. The lowest BCUT2D eigenvalue weighted by Gasteiger charge is -2.26. The zero-order valence-electron chi connectivity index (χ0n) is 17.9. The summed E-state index contributed by atoms with van der Waals surface area (Å²) in [5.74, 6) is 0.993. The van der Waals surface area contributed by atoms with E-state index < -0.39 is 11.7 Å². The number of benzene rings is 1. The van der Waals surface area contributed by atoms with Crippen molar-refractivity contribution in [2.75, 3.05) is 39.4 Å². The average Bonchev–Trinajstić information content (AvgIpc) is 2.71. The van der Waals surface area contributed by atoms with Gasteiger partial charge in [-0.15, -0.1) is 0 Å². The number of nitrogens with one attached hydrogen (secondary N) is 1. The van der Waals surface area contributed by atoms with Crippen molar-refractivity contribution in [2.24, 2.45) is 10.7 Å². The highest BCUT2D eigenvalue weighted by Crippen LogP contribution is 2.31. The predicted octanol–water partition coefficient (Wildman–Crippen LogP) is 4.03. The van der Waals surface area contributed by atoms with Gasteiger partial charge in [0.1, 0.15) is 5.82 Å². The molecule has 166 valence electrons. The van der Waals surface area contributed by atoms with E-state index in [2.05, 4.69) is 15.2 Å². The Morgan fingerprint density at radius 2 is 1.83 bits per heavy atom. The number of morpholine rings is 1. The van der Waals surface area contributed by atoms with E-state index in [0.29, 0.717) is 23.8 Å². The Balaban J connectivity index is 2.24. The van der Waals surface area contributed by atoms with Gasteiger partial charge in [-0.1, -0.05) is 24.6 Å². The highest BCUT2D eigenvalue weighted by molar-refractivity contribution is 5.80. The molecule has 2 rings (SSSR count). The standard InChI is InChI=1S/C22H31F3N4O/c1-4-16(2)20(18-5-7-19(8-6-18)22(23,24)25)15-21(28-17(3)26)27-9-10-29-11-13-30-14-12-29/h5-8,15,27H,4,9-14H2,1-3H3,(H2,26,28)/b20-16-,21-15-. The second-order valence-electron chi connectivity index (χ2n) is 7.29. The fraction of sp³-hybridized carbons (Fsp3) is 0.500. The number of ether oxygens (including phenoxy) is 1. The van der Waals surface area contributed by atoms with Gasteiger partial charge in [-0.05, 0) is 49.6 Å². The van der Waals surface area contributed by atoms with Crippen LogP contribution in [0.4, 0.5) is 13.2 Å². The lowest BCUT2D eigenvalue weighted by Crippen LogP contribution is -2.40. The molecular formula is C22H31F3N4O. The first-order chi connectivity index (χ1) is 14.2. The number of nitrogens with zero attached hydrogens (tertiary/aromatic N) is 2. The number of aliphatic imine (C=N–C) groups is 1. The largest absolute Gasteiger partial charge is 0.416 e. The molecule has 0 atom stereocenters. The molecule has 8 heteroatoms. The summed E-state index contributed by atoms with van der Waals surface area (Å²) in [5.41, 5.74) is 7.73. The first kappa shape index (κ1) is 24.0. The molecule has 0 spiro atoms. The molecule has 0 amide bonds. The topological polar surface area (TPSA) is 62.9 Å². The lowest BCUT2D eigenvalue weighted by atomic mass is 9.97. The molecule has 1 saturated heterocycles. The van der Waals surface area contributed by atoms with Gasteiger partial charge in [0.25, 0.3) is 0 Å². The first-order valence-electron chi connectivity index (χ1n) is 10.1. The van der Waals surface area contributed by atoms with Crippen LogP contribution in [0.5, 0.6) is 0 Å². The van der Waals surface area contributed by atoms with E-state index in [1.807, 2.05) is 19.9 Å². The number of halogens is 3. The Kier molecular flexibility index (Phi) is 8.92. The maximum atomic E-state index is 12.9. The summed E-state index contributed by atoms with van der Waals surface area (Å²) < 4.78 is 44.1. The smallest absolute Gasteiger partial charge is 0.387 e. The number of rotatable bonds is 8. The second kappa shape index (κ2) is 11.2. The third-order valence-corrected chi connectivity index (χ3v) is 4.93. The molecule has 0 bridgehead atoms. The monoisotopic (exact) mass is 424 g/mol. The van der Waals surface area contributed by atoms with Gasteiger partial charge in [0.2, 0.25) is 0 Å². The zero-order chi connectivity index (χ0) is 22.1. The number of hydrogen-bond donors (Lipinski definition) is 2. The minimum atomic E-state index is -4.36. The molecule has 5 nitrogen and oxygen atoms in total. The van der Waals surface area contributed by atoms with Gasteiger partial charge in [0, 0.05) is 26.2 Å². The lowest BCUT2D eigenvalue weighted by molar-refractivity contribution is -0.137. The summed E-state index contributed by atoms with van der Waals surface area (Å²) in [5, 5.41) is 3.31. The van der Waals surface area contributed by atoms with E-state index in [0.717, 1.165) is 62.5 Å². The molecule has 30 heavy (non-hydrogen) atoms. The van der Waals surface area contributed by atoms with Crippen molar-refractivity contribution in [1.82, 2.24) is 10.2 Å². The van der Waals surface area contributed by atoms with E-state index in [1.165, 1.54) is 12.1 Å². The number of nitrogens with two attached hydrogens (primary N) is 1. The number of amidine groups is 1. The normalized spacial score (nSPS) is 17.7. The second-order valence-corrected chi connectivity index (χ2v) is 7.29. The number of hydrogen-bond acceptors (Lipinski definition) is 4. The number of alkyl halides is 3. The van der Waals surface area contributed by atoms with Crippen molar-refractivity contribution in [1.29, 1.82) is 0 Å². The van der Waals surface area contributed by atoms with E-state index in [4.69, 9.17) is 10.5 Å². The van der Waals surface area contributed by atoms with E-state index in [-0.39, 0.29) is 0 Å². The molecule has 0 aliphatic carbocycles. The van der Waals surface area contributed by atoms with Crippen molar-refractivity contribution in [3.05, 3.63) is 52.9 Å². The molecule has 1 aliphatic rings. The maximum Gasteiger partial charge on any atom is 0.416 e. The van der Waals surface area contributed by atoms with Gasteiger partial charge in [0.15, 0.2) is 0 Å². The van der Waals surface area contributed by atoms with Gasteiger partial charge in [-0.2, -0.15) is 13.2 Å². The van der Waals surface area contributed by atoms with Crippen LogP contribution in [0.15, 0.2) is 46.7 Å². The fourth-order valence-electron chi connectivity index (χ4n) is 3.10. The van der Waals surface area contributed by atoms with Gasteiger partial charge >= 0.3 is 6.18 Å². The summed E-state index contributed by atoms with van der Waals surface area (Å²) in [7, 11) is 0. The third kappa shape index (κ3) is 7.50. The number of allylic oxidation sites excluding steroid dienone is 3. The van der Waals surface area contributed by atoms with E-state index in [9.17, 15) is 13.2 Å². The van der Waals surface area contributed by atoms with Crippen LogP contribution in [-0.2, 0) is 10.9 Å². The zero-order valence-corrected chi connectivity index (χ0v) is 17.9. The Morgan fingerprint density at radius 3 is 2.37 bits per heavy atom. The van der Waals surface area contributed by atoms with Crippen molar-refractivity contribution in [2.45, 2.75) is 33.4 Å². The fourth-order valence-corrected chi connectivity index (χ4v) is 3.10. The van der Waals surface area contributed by atoms with Crippen molar-refractivity contribution in [3.63, 3.8) is 0 Å². The molecule has 1 heterocycles. The Hall–Kier alpha value is -2.32. The summed E-state index contributed by atoms with van der Waals surface area (Å²) in [6.07, 6.45) is -1.73. The molecule has 3 N–H and O–H groups in total. The highest BCUT2D eigenvalue weighted by Gasteiger charge is 2.30. The maximum absolute atomic E-state index is 12.9. The SMILES string of the molecule is CC/C(C)=C(/C=C(\N=C(/C)N)NCCN1CCOCC1)c1ccc(C(F)(F)F)cc1. The summed E-state index contributed by atoms with van der Waals surface area (Å²) in [6.45, 7) is 10.4. The average molecular weight is 425 g/mol. The molecule has 1 aromatic rings. The molecule has 0 saturated carbocycles. The quantitative estimate of drug-likeness (QED) is 0.376. The molecule has 0 unspecified atom stereocenters. The molecule has 1 fully saturated rings. The van der Waals surface area contributed by atoms with Crippen LogP contribution in [0.25, 0.3) is 5.57 Å². The Morgan fingerprint density at radius 1 is 1.20 bits per heavy atom. The van der Waals surface area contributed by atoms with Crippen LogP contribution in [0.3, 0.4) is 0 Å². The molecule has 0 radical (unpaired) electrons. The predicted molar refractivity (Wildman–Crippen MR) is 115 cm³/mol. The van der Waals surface area contributed by atoms with E-state index >= 15 is 0 Å². The molecular weight excluding hydrogens is 393 g/mol. The minimum absolute atomic E-state index is 0.404. The Bertz CT molecular complexity index is 773. The van der Waals surface area contributed by atoms with Crippen molar-refractivity contribution in [3.8, 4) is 0 Å². The van der Waals surface area contributed by atoms with Crippen LogP contribution in [-0.4, -0.2) is 50.1 Å². The van der Waals surface area contributed by atoms with Gasteiger partial charge in [-0.3, -0.25) is 4.90 Å². The highest BCUT2D eigenvalue weighted by atomic mass is 19.4. The van der Waals surface area contributed by atoms with E-state index in [1.54, 1.807) is 6.92 Å². The minimum Gasteiger partial charge on any atom is -0.387 e. The van der Waals surface area contributed by atoms with Gasteiger partial charge < -0.3 is 15.8 Å². The van der Waals surface area contributed by atoms with Crippen LogP contribution < -0.4 is 11.1 Å². The molecule has 1 aromatic carbocycles. The third-order valence-electron chi connectivity index (χ3n) is 4.93. The van der Waals surface area contributed by atoms with Crippen molar-refractivity contribution < 1.29 is 17.9 Å².